The Balaban J connectivity index is 2.48. The Labute approximate surface area is 109 Å². The van der Waals surface area contributed by atoms with E-state index in [1.165, 1.54) is 18.9 Å². The van der Waals surface area contributed by atoms with Crippen LogP contribution in [0.2, 0.25) is 0 Å². The van der Waals surface area contributed by atoms with Crippen LogP contribution in [0.3, 0.4) is 0 Å². The van der Waals surface area contributed by atoms with Gasteiger partial charge in [-0.2, -0.15) is 13.2 Å². The lowest BCUT2D eigenvalue weighted by atomic mass is 10.2. The molecular weight excluding hydrogens is 261 g/mol. The normalized spacial score (nSPS) is 13.1. The predicted octanol–water partition coefficient (Wildman–Crippen LogP) is 2.01. The molecule has 1 aromatic heterocycles. The van der Waals surface area contributed by atoms with Crippen molar-refractivity contribution in [1.82, 2.24) is 9.88 Å². The Kier molecular flexibility index (Phi) is 5.29. The van der Waals surface area contributed by atoms with Crippen LogP contribution in [0.5, 0.6) is 0 Å². The average Bonchev–Trinajstić information content (AvgIpc) is 2.35. The molecule has 1 atom stereocenters. The Morgan fingerprint density at radius 3 is 2.74 bits per heavy atom. The van der Waals surface area contributed by atoms with Crippen LogP contribution in [0.4, 0.5) is 13.2 Å². The van der Waals surface area contributed by atoms with Gasteiger partial charge in [0, 0.05) is 26.0 Å². The van der Waals surface area contributed by atoms with Crippen LogP contribution in [0, 0.1) is 0 Å². The van der Waals surface area contributed by atoms with E-state index in [1.54, 1.807) is 24.5 Å². The van der Waals surface area contributed by atoms with Crippen LogP contribution in [0.15, 0.2) is 24.5 Å². The van der Waals surface area contributed by atoms with Gasteiger partial charge in [0.1, 0.15) is 12.7 Å². The molecule has 1 heterocycles. The van der Waals surface area contributed by atoms with Crippen LogP contribution < -0.4 is 0 Å². The van der Waals surface area contributed by atoms with Crippen LogP contribution in [0.25, 0.3) is 0 Å². The first-order valence-electron chi connectivity index (χ1n) is 5.62. The lowest BCUT2D eigenvalue weighted by Gasteiger charge is -2.22. The molecule has 106 valence electrons. The number of carbonyl (C=O) groups is 1. The molecule has 0 aromatic carbocycles. The Morgan fingerprint density at radius 2 is 2.21 bits per heavy atom. The molecule has 0 fully saturated rings. The number of amides is 1. The summed E-state index contributed by atoms with van der Waals surface area (Å²) in [5.41, 5.74) is 0.793. The number of hydrogen-bond donors (Lipinski definition) is 0. The zero-order valence-electron chi connectivity index (χ0n) is 10.6. The van der Waals surface area contributed by atoms with E-state index in [-0.39, 0.29) is 6.54 Å². The smallest absolute Gasteiger partial charge is 0.359 e. The van der Waals surface area contributed by atoms with Gasteiger partial charge in [0.15, 0.2) is 0 Å². The topological polar surface area (TPSA) is 42.4 Å². The van der Waals surface area contributed by atoms with Gasteiger partial charge in [-0.3, -0.25) is 9.78 Å². The fraction of sp³-hybridized carbons (Fsp3) is 0.500. The van der Waals surface area contributed by atoms with Gasteiger partial charge in [-0.15, -0.1) is 0 Å². The Hall–Kier alpha value is -1.63. The number of carbonyl (C=O) groups excluding carboxylic acids is 1. The molecule has 0 aliphatic rings. The number of pyridine rings is 1. The quantitative estimate of drug-likeness (QED) is 0.826. The number of alkyl halides is 3. The number of likely N-dealkylation sites (N-methyl/N-ethyl adjacent to an activating group) is 1. The minimum Gasteiger partial charge on any atom is -0.359 e. The molecule has 0 radical (unpaired) electrons. The highest BCUT2D eigenvalue weighted by atomic mass is 19.4. The van der Waals surface area contributed by atoms with Gasteiger partial charge in [0.2, 0.25) is 0 Å². The summed E-state index contributed by atoms with van der Waals surface area (Å²) >= 11 is 0. The number of aromatic nitrogens is 1. The minimum absolute atomic E-state index is 0.270. The van der Waals surface area contributed by atoms with Gasteiger partial charge in [-0.1, -0.05) is 6.07 Å². The van der Waals surface area contributed by atoms with E-state index in [0.29, 0.717) is 0 Å². The summed E-state index contributed by atoms with van der Waals surface area (Å²) < 4.78 is 40.4. The first-order chi connectivity index (χ1) is 8.79. The second-order valence-electron chi connectivity index (χ2n) is 4.12. The third kappa shape index (κ3) is 5.69. The van der Waals surface area contributed by atoms with E-state index in [9.17, 15) is 18.0 Å². The lowest BCUT2D eigenvalue weighted by Crippen LogP contribution is -2.37. The number of halogens is 3. The molecule has 0 saturated carbocycles. The fourth-order valence-corrected chi connectivity index (χ4v) is 1.44. The predicted molar refractivity (Wildman–Crippen MR) is 62.2 cm³/mol. The maximum Gasteiger partial charge on any atom is 0.411 e. The van der Waals surface area contributed by atoms with E-state index in [4.69, 9.17) is 0 Å². The maximum absolute atomic E-state index is 12.0. The summed E-state index contributed by atoms with van der Waals surface area (Å²) in [5.74, 6) is -0.506. The molecule has 1 unspecified atom stereocenters. The van der Waals surface area contributed by atoms with E-state index in [2.05, 4.69) is 9.72 Å². The molecule has 1 amide bonds. The molecule has 4 nitrogen and oxygen atoms in total. The van der Waals surface area contributed by atoms with Crippen molar-refractivity contribution in [3.8, 4) is 0 Å². The van der Waals surface area contributed by atoms with E-state index >= 15 is 0 Å². The van der Waals surface area contributed by atoms with Crippen molar-refractivity contribution in [3.05, 3.63) is 30.1 Å². The fourth-order valence-electron chi connectivity index (χ4n) is 1.44. The highest BCUT2D eigenvalue weighted by Gasteiger charge is 2.30. The molecule has 0 aliphatic heterocycles. The van der Waals surface area contributed by atoms with E-state index in [0.717, 1.165) is 5.56 Å². The molecule has 0 saturated heterocycles. The van der Waals surface area contributed by atoms with E-state index in [1.807, 2.05) is 0 Å². The molecule has 0 aliphatic carbocycles. The summed E-state index contributed by atoms with van der Waals surface area (Å²) in [6.07, 6.45) is -2.38. The monoisotopic (exact) mass is 276 g/mol. The van der Waals surface area contributed by atoms with E-state index < -0.39 is 24.8 Å². The molecule has 19 heavy (non-hydrogen) atoms. The first kappa shape index (κ1) is 15.4. The van der Waals surface area contributed by atoms with Crippen molar-refractivity contribution < 1.29 is 22.7 Å². The number of nitrogens with zero attached hydrogens (tertiary/aromatic N) is 2. The SMILES string of the molecule is CC(OCC(F)(F)F)C(=O)N(C)Cc1cccnc1. The number of hydrogen-bond acceptors (Lipinski definition) is 3. The van der Waals surface area contributed by atoms with Crippen LogP contribution in [0.1, 0.15) is 12.5 Å². The summed E-state index contributed by atoms with van der Waals surface area (Å²) in [7, 11) is 1.50. The van der Waals surface area contributed by atoms with Crippen molar-refractivity contribution in [2.24, 2.45) is 0 Å². The molecular formula is C12H15F3N2O2. The van der Waals surface area contributed by atoms with Gasteiger partial charge < -0.3 is 9.64 Å². The Bertz CT molecular complexity index is 409. The summed E-state index contributed by atoms with van der Waals surface area (Å²) in [6, 6.07) is 3.50. The van der Waals surface area contributed by atoms with Crippen LogP contribution in [-0.2, 0) is 16.1 Å². The standard InChI is InChI=1S/C12H15F3N2O2/c1-9(19-8-12(13,14)15)11(18)17(2)7-10-4-3-5-16-6-10/h3-6,9H,7-8H2,1-2H3. The maximum atomic E-state index is 12.0. The summed E-state index contributed by atoms with van der Waals surface area (Å²) in [5, 5.41) is 0. The van der Waals surface area contributed by atoms with Gasteiger partial charge in [-0.05, 0) is 18.6 Å². The molecule has 7 heteroatoms. The minimum atomic E-state index is -4.43. The van der Waals surface area contributed by atoms with Crippen molar-refractivity contribution in [2.75, 3.05) is 13.7 Å². The highest BCUT2D eigenvalue weighted by Crippen LogP contribution is 2.16. The second kappa shape index (κ2) is 6.51. The zero-order valence-corrected chi connectivity index (χ0v) is 10.6. The van der Waals surface area contributed by atoms with Gasteiger partial charge in [-0.25, -0.2) is 0 Å². The number of rotatable bonds is 5. The van der Waals surface area contributed by atoms with Crippen molar-refractivity contribution in [1.29, 1.82) is 0 Å². The molecule has 1 aromatic rings. The second-order valence-corrected chi connectivity index (χ2v) is 4.12. The van der Waals surface area contributed by atoms with Gasteiger partial charge >= 0.3 is 6.18 Å². The van der Waals surface area contributed by atoms with Gasteiger partial charge in [0.25, 0.3) is 5.91 Å². The van der Waals surface area contributed by atoms with Gasteiger partial charge in [0.05, 0.1) is 0 Å². The van der Waals surface area contributed by atoms with Crippen molar-refractivity contribution >= 4 is 5.91 Å². The highest BCUT2D eigenvalue weighted by molar-refractivity contribution is 5.80. The summed E-state index contributed by atoms with van der Waals surface area (Å²) in [4.78, 5) is 17.0. The lowest BCUT2D eigenvalue weighted by molar-refractivity contribution is -0.188. The van der Waals surface area contributed by atoms with Crippen molar-refractivity contribution in [2.45, 2.75) is 25.7 Å². The van der Waals surface area contributed by atoms with Crippen molar-refractivity contribution in [3.63, 3.8) is 0 Å². The van der Waals surface area contributed by atoms with Crippen LogP contribution in [-0.4, -0.2) is 41.7 Å². The number of ether oxygens (including phenoxy) is 1. The van der Waals surface area contributed by atoms with Crippen LogP contribution >= 0.6 is 0 Å². The molecule has 0 bridgehead atoms. The molecule has 0 N–H and O–H groups in total. The third-order valence-corrected chi connectivity index (χ3v) is 2.36. The molecule has 0 spiro atoms. The average molecular weight is 276 g/mol. The first-order valence-corrected chi connectivity index (χ1v) is 5.62. The summed E-state index contributed by atoms with van der Waals surface area (Å²) in [6.45, 7) is 0.140. The Morgan fingerprint density at radius 1 is 1.53 bits per heavy atom. The molecule has 1 rings (SSSR count). The third-order valence-electron chi connectivity index (χ3n) is 2.36. The largest absolute Gasteiger partial charge is 0.411 e. The zero-order chi connectivity index (χ0) is 14.5.